The molecule has 0 aromatic heterocycles. The molecule has 3 rings (SSSR count). The molecule has 0 aliphatic carbocycles. The summed E-state index contributed by atoms with van der Waals surface area (Å²) in [6.45, 7) is 6.80. The molecular weight excluding hydrogens is 356 g/mol. The van der Waals surface area contributed by atoms with Crippen molar-refractivity contribution in [2.24, 2.45) is 11.3 Å². The highest BCUT2D eigenvalue weighted by atomic mass is 16.2. The van der Waals surface area contributed by atoms with Gasteiger partial charge in [0.05, 0.1) is 11.5 Å². The van der Waals surface area contributed by atoms with Gasteiger partial charge in [-0.25, -0.2) is 0 Å². The zero-order valence-electron chi connectivity index (χ0n) is 18.1. The Labute approximate surface area is 176 Å². The van der Waals surface area contributed by atoms with E-state index in [1.54, 1.807) is 0 Å². The van der Waals surface area contributed by atoms with Crippen LogP contribution in [-0.2, 0) is 6.42 Å². The van der Waals surface area contributed by atoms with Crippen molar-refractivity contribution in [3.05, 3.63) is 48.0 Å². The molecule has 1 aliphatic rings. The summed E-state index contributed by atoms with van der Waals surface area (Å²) in [5, 5.41) is 21.7. The van der Waals surface area contributed by atoms with E-state index >= 15 is 0 Å². The molecule has 0 saturated carbocycles. The number of nitrogens with zero attached hydrogens (tertiary/aromatic N) is 2. The highest BCUT2D eigenvalue weighted by Crippen LogP contribution is 2.36. The molecular formula is C26H36N2O. The molecule has 1 saturated heterocycles. The van der Waals surface area contributed by atoms with Crippen LogP contribution in [-0.4, -0.2) is 35.7 Å². The van der Waals surface area contributed by atoms with Crippen LogP contribution in [0.15, 0.2) is 42.5 Å². The van der Waals surface area contributed by atoms with E-state index < -0.39 is 0 Å². The minimum Gasteiger partial charge on any atom is -0.396 e. The van der Waals surface area contributed by atoms with Crippen LogP contribution in [0.4, 0.5) is 0 Å². The molecule has 2 unspecified atom stereocenters. The Kier molecular flexibility index (Phi) is 7.70. The van der Waals surface area contributed by atoms with Gasteiger partial charge in [0.15, 0.2) is 0 Å². The fourth-order valence-electron chi connectivity index (χ4n) is 5.04. The summed E-state index contributed by atoms with van der Waals surface area (Å²) >= 11 is 0. The third-order valence-corrected chi connectivity index (χ3v) is 7.20. The van der Waals surface area contributed by atoms with Crippen LogP contribution in [0.25, 0.3) is 10.8 Å². The second-order valence-corrected chi connectivity index (χ2v) is 8.87. The normalized spacial score (nSPS) is 19.0. The largest absolute Gasteiger partial charge is 0.396 e. The van der Waals surface area contributed by atoms with E-state index in [-0.39, 0.29) is 12.0 Å². The van der Waals surface area contributed by atoms with Gasteiger partial charge in [-0.1, -0.05) is 56.3 Å². The summed E-state index contributed by atoms with van der Waals surface area (Å²) < 4.78 is 0. The molecule has 0 bridgehead atoms. The minimum atomic E-state index is -0.121. The van der Waals surface area contributed by atoms with Crippen molar-refractivity contribution < 1.29 is 5.11 Å². The Hall–Kier alpha value is -1.89. The molecule has 1 aliphatic heterocycles. The number of hydrogen-bond donors (Lipinski definition) is 1. The predicted octanol–water partition coefficient (Wildman–Crippen LogP) is 5.57. The predicted molar refractivity (Wildman–Crippen MR) is 121 cm³/mol. The molecule has 3 nitrogen and oxygen atoms in total. The second kappa shape index (κ2) is 10.2. The molecule has 2 aromatic rings. The summed E-state index contributed by atoms with van der Waals surface area (Å²) in [5.41, 5.74) is 1.31. The zero-order chi connectivity index (χ0) is 20.7. The second-order valence-electron chi connectivity index (χ2n) is 8.87. The molecule has 1 fully saturated rings. The van der Waals surface area contributed by atoms with E-state index in [1.165, 1.54) is 16.3 Å². The monoisotopic (exact) mass is 392 g/mol. The average Bonchev–Trinajstić information content (AvgIpc) is 2.78. The van der Waals surface area contributed by atoms with Crippen LogP contribution in [0.3, 0.4) is 0 Å². The fraction of sp³-hybridized carbons (Fsp3) is 0.577. The van der Waals surface area contributed by atoms with E-state index in [1.807, 2.05) is 0 Å². The van der Waals surface area contributed by atoms with Gasteiger partial charge in [0, 0.05) is 12.6 Å². The number of piperidine rings is 1. The number of hydrogen-bond acceptors (Lipinski definition) is 3. The first-order chi connectivity index (χ1) is 14.1. The molecule has 2 aromatic carbocycles. The number of likely N-dealkylation sites (tertiary alicyclic amines) is 1. The number of benzene rings is 2. The minimum absolute atomic E-state index is 0.121. The van der Waals surface area contributed by atoms with Crippen LogP contribution in [0, 0.1) is 22.7 Å². The van der Waals surface area contributed by atoms with Gasteiger partial charge in [0.25, 0.3) is 0 Å². The Balaban J connectivity index is 1.66. The SMILES string of the molecule is CCC1(C#N)CCN(C(CCCO)C(C)CCc2cccc3ccccc23)CC1. The maximum absolute atomic E-state index is 9.61. The Morgan fingerprint density at radius 3 is 2.52 bits per heavy atom. The van der Waals surface area contributed by atoms with Gasteiger partial charge in [-0.05, 0) is 80.3 Å². The standard InChI is InChI=1S/C26H36N2O/c1-3-26(20-27)15-17-28(18-16-26)25(12-7-19-29)21(2)13-14-23-10-6-9-22-8-4-5-11-24(22)23/h4-6,8-11,21,25,29H,3,7,12-19H2,1-2H3. The fourth-order valence-corrected chi connectivity index (χ4v) is 5.04. The highest BCUT2D eigenvalue weighted by Gasteiger charge is 2.36. The van der Waals surface area contributed by atoms with Gasteiger partial charge in [0.1, 0.15) is 0 Å². The lowest BCUT2D eigenvalue weighted by Gasteiger charge is -2.43. The summed E-state index contributed by atoms with van der Waals surface area (Å²) in [6, 6.07) is 18.4. The van der Waals surface area contributed by atoms with Crippen LogP contribution < -0.4 is 0 Å². The van der Waals surface area contributed by atoms with Crippen molar-refractivity contribution in [3.8, 4) is 6.07 Å². The van der Waals surface area contributed by atoms with Crippen molar-refractivity contribution in [1.82, 2.24) is 4.90 Å². The smallest absolute Gasteiger partial charge is 0.0690 e. The molecule has 0 spiro atoms. The van der Waals surface area contributed by atoms with Crippen LogP contribution in [0.5, 0.6) is 0 Å². The van der Waals surface area contributed by atoms with Crippen molar-refractivity contribution in [3.63, 3.8) is 0 Å². The lowest BCUT2D eigenvalue weighted by atomic mass is 9.76. The van der Waals surface area contributed by atoms with E-state index in [0.29, 0.717) is 12.0 Å². The number of rotatable bonds is 9. The van der Waals surface area contributed by atoms with Crippen molar-refractivity contribution in [1.29, 1.82) is 5.26 Å². The Bertz CT molecular complexity index is 812. The molecule has 156 valence electrons. The van der Waals surface area contributed by atoms with Gasteiger partial charge in [-0.15, -0.1) is 0 Å². The van der Waals surface area contributed by atoms with E-state index in [2.05, 4.69) is 67.3 Å². The van der Waals surface area contributed by atoms with E-state index in [9.17, 15) is 10.4 Å². The van der Waals surface area contributed by atoms with Crippen molar-refractivity contribution in [2.45, 2.75) is 64.8 Å². The first-order valence-corrected chi connectivity index (χ1v) is 11.4. The van der Waals surface area contributed by atoms with Gasteiger partial charge in [0.2, 0.25) is 0 Å². The summed E-state index contributed by atoms with van der Waals surface area (Å²) in [6.07, 6.45) is 7.04. The molecule has 2 atom stereocenters. The first kappa shape index (κ1) is 21.8. The highest BCUT2D eigenvalue weighted by molar-refractivity contribution is 5.85. The van der Waals surface area contributed by atoms with Crippen molar-refractivity contribution >= 4 is 10.8 Å². The van der Waals surface area contributed by atoms with E-state index in [4.69, 9.17) is 0 Å². The quantitative estimate of drug-likeness (QED) is 0.607. The zero-order valence-corrected chi connectivity index (χ0v) is 18.1. The number of fused-ring (bicyclic) bond motifs is 1. The van der Waals surface area contributed by atoms with Crippen LogP contribution in [0.2, 0.25) is 0 Å². The summed E-state index contributed by atoms with van der Waals surface area (Å²) in [5.74, 6) is 0.566. The molecule has 1 heterocycles. The molecule has 0 amide bonds. The molecule has 3 heteroatoms. The first-order valence-electron chi connectivity index (χ1n) is 11.4. The Morgan fingerprint density at radius 2 is 1.83 bits per heavy atom. The molecule has 0 radical (unpaired) electrons. The maximum Gasteiger partial charge on any atom is 0.0690 e. The van der Waals surface area contributed by atoms with Crippen LogP contribution >= 0.6 is 0 Å². The summed E-state index contributed by atoms with van der Waals surface area (Å²) in [4.78, 5) is 2.61. The molecule has 29 heavy (non-hydrogen) atoms. The molecule has 1 N–H and O–H groups in total. The number of aliphatic hydroxyl groups is 1. The van der Waals surface area contributed by atoms with Gasteiger partial charge < -0.3 is 10.0 Å². The van der Waals surface area contributed by atoms with E-state index in [0.717, 1.165) is 58.0 Å². The number of nitriles is 1. The van der Waals surface area contributed by atoms with Gasteiger partial charge >= 0.3 is 0 Å². The third kappa shape index (κ3) is 5.18. The third-order valence-electron chi connectivity index (χ3n) is 7.20. The topological polar surface area (TPSA) is 47.3 Å². The summed E-state index contributed by atoms with van der Waals surface area (Å²) in [7, 11) is 0. The Morgan fingerprint density at radius 1 is 1.10 bits per heavy atom. The van der Waals surface area contributed by atoms with Gasteiger partial charge in [-0.3, -0.25) is 0 Å². The lowest BCUT2D eigenvalue weighted by Crippen LogP contribution is -2.47. The average molecular weight is 393 g/mol. The number of aliphatic hydroxyl groups excluding tert-OH is 1. The maximum atomic E-state index is 9.61. The van der Waals surface area contributed by atoms with Crippen molar-refractivity contribution in [2.75, 3.05) is 19.7 Å². The van der Waals surface area contributed by atoms with Crippen LogP contribution in [0.1, 0.15) is 57.9 Å². The lowest BCUT2D eigenvalue weighted by molar-refractivity contribution is 0.0645. The van der Waals surface area contributed by atoms with Gasteiger partial charge in [-0.2, -0.15) is 5.26 Å². The number of aryl methyl sites for hydroxylation is 1.